The molecular formula is C23H30ClNO4Si. The maximum absolute atomic E-state index is 12.0. The summed E-state index contributed by atoms with van der Waals surface area (Å²) in [6.07, 6.45) is 11.6. The summed E-state index contributed by atoms with van der Waals surface area (Å²) in [6, 6.07) is 0. The van der Waals surface area contributed by atoms with Crippen LogP contribution in [0.25, 0.3) is 0 Å². The number of aliphatic hydroxyl groups is 1. The number of ketones is 1. The van der Waals surface area contributed by atoms with E-state index in [0.29, 0.717) is 18.3 Å². The van der Waals surface area contributed by atoms with Crippen molar-refractivity contribution in [2.75, 3.05) is 0 Å². The van der Waals surface area contributed by atoms with Crippen molar-refractivity contribution < 1.29 is 19.1 Å². The minimum Gasteiger partial charge on any atom is -0.481 e. The van der Waals surface area contributed by atoms with Crippen molar-refractivity contribution in [1.29, 1.82) is 5.26 Å². The van der Waals surface area contributed by atoms with Gasteiger partial charge < -0.3 is 14.3 Å². The van der Waals surface area contributed by atoms with Crippen LogP contribution in [0, 0.1) is 34.2 Å². The first-order valence-electron chi connectivity index (χ1n) is 11.0. The summed E-state index contributed by atoms with van der Waals surface area (Å²) < 4.78 is 12.0. The van der Waals surface area contributed by atoms with Crippen LogP contribution in [-0.4, -0.2) is 41.5 Å². The van der Waals surface area contributed by atoms with Crippen LogP contribution in [0.15, 0.2) is 23.8 Å². The quantitative estimate of drug-likeness (QED) is 0.306. The molecule has 0 radical (unpaired) electrons. The van der Waals surface area contributed by atoms with E-state index in [1.807, 2.05) is 25.4 Å². The van der Waals surface area contributed by atoms with Gasteiger partial charge in [-0.25, -0.2) is 0 Å². The van der Waals surface area contributed by atoms with Gasteiger partial charge in [-0.05, 0) is 76.1 Å². The topological polar surface area (TPSA) is 82.8 Å². The molecule has 1 N–H and O–H groups in total. The molecule has 0 aromatic rings. The lowest BCUT2D eigenvalue weighted by Crippen LogP contribution is -2.65. The smallest absolute Gasteiger partial charge is 0.282 e. The number of epoxide rings is 1. The number of allylic oxidation sites excluding steroid dienone is 2. The fourth-order valence-electron chi connectivity index (χ4n) is 7.85. The summed E-state index contributed by atoms with van der Waals surface area (Å²) in [5.74, 6) is 0.680. The molecule has 5 rings (SSSR count). The van der Waals surface area contributed by atoms with Gasteiger partial charge in [0, 0.05) is 10.8 Å². The first-order valence-corrected chi connectivity index (χ1v) is 14.4. The maximum atomic E-state index is 12.0. The summed E-state index contributed by atoms with van der Waals surface area (Å²) in [7, 11) is -2.62. The van der Waals surface area contributed by atoms with Gasteiger partial charge in [0.1, 0.15) is 5.60 Å². The van der Waals surface area contributed by atoms with Crippen molar-refractivity contribution in [2.45, 2.75) is 81.4 Å². The number of carbonyl (C=O) groups excluding carboxylic acids is 1. The second-order valence-corrected chi connectivity index (χ2v) is 15.8. The first-order chi connectivity index (χ1) is 14.0. The third-order valence-electron chi connectivity index (χ3n) is 9.49. The maximum Gasteiger partial charge on any atom is 0.282 e. The van der Waals surface area contributed by atoms with Crippen molar-refractivity contribution >= 4 is 25.7 Å². The minimum absolute atomic E-state index is 0.0467. The van der Waals surface area contributed by atoms with Crippen LogP contribution in [0.2, 0.25) is 13.1 Å². The largest absolute Gasteiger partial charge is 0.481 e. The van der Waals surface area contributed by atoms with Crippen LogP contribution in [0.3, 0.4) is 0 Å². The molecule has 5 aliphatic rings. The highest BCUT2D eigenvalue weighted by Gasteiger charge is 2.81. The zero-order valence-electron chi connectivity index (χ0n) is 18.1. The molecule has 1 heterocycles. The fourth-order valence-corrected chi connectivity index (χ4v) is 10.3. The summed E-state index contributed by atoms with van der Waals surface area (Å²) in [6.45, 7) is 8.22. The number of halogens is 1. The van der Waals surface area contributed by atoms with Gasteiger partial charge in [-0.3, -0.25) is 4.79 Å². The number of hydrogen-bond donors (Lipinski definition) is 1. The summed E-state index contributed by atoms with van der Waals surface area (Å²) in [5.41, 5.74) is -0.809. The summed E-state index contributed by atoms with van der Waals surface area (Å²) in [5, 5.41) is 20.5. The lowest BCUT2D eigenvalue weighted by molar-refractivity contribution is -0.111. The zero-order valence-corrected chi connectivity index (χ0v) is 19.8. The predicted molar refractivity (Wildman–Crippen MR) is 115 cm³/mol. The molecule has 8 atom stereocenters. The van der Waals surface area contributed by atoms with Gasteiger partial charge >= 0.3 is 0 Å². The third kappa shape index (κ3) is 2.23. The SMILES string of the molecule is C[C@]12C=CC(=O)C=C1CCC1C3CC[C@](O)([C@H](Cl)[Si](C)(C)OC#N)[C@@]3(C)C[C@@H]3O[C@]132. The van der Waals surface area contributed by atoms with Crippen LogP contribution in [0.4, 0.5) is 0 Å². The Morgan fingerprint density at radius 3 is 2.80 bits per heavy atom. The lowest BCUT2D eigenvalue weighted by Gasteiger charge is -2.57. The van der Waals surface area contributed by atoms with Crippen molar-refractivity contribution in [3.63, 3.8) is 0 Å². The van der Waals surface area contributed by atoms with E-state index in [2.05, 4.69) is 19.9 Å². The molecule has 0 aromatic carbocycles. The Bertz CT molecular complexity index is 927. The molecule has 162 valence electrons. The molecule has 4 aliphatic carbocycles. The Balaban J connectivity index is 1.53. The van der Waals surface area contributed by atoms with Gasteiger partial charge in [-0.15, -0.1) is 11.6 Å². The summed E-state index contributed by atoms with van der Waals surface area (Å²) >= 11 is 6.93. The first kappa shape index (κ1) is 20.8. The normalized spacial score (nSPS) is 49.7. The van der Waals surface area contributed by atoms with Gasteiger partial charge in [0.2, 0.25) is 0 Å². The molecule has 1 saturated heterocycles. The monoisotopic (exact) mass is 447 g/mol. The average Bonchev–Trinajstić information content (AvgIpc) is 3.33. The predicted octanol–water partition coefficient (Wildman–Crippen LogP) is 4.01. The van der Waals surface area contributed by atoms with Crippen molar-refractivity contribution in [3.8, 4) is 6.26 Å². The Hall–Kier alpha value is -1.13. The number of ether oxygens (including phenoxy) is 1. The van der Waals surface area contributed by atoms with E-state index in [-0.39, 0.29) is 28.3 Å². The zero-order chi connectivity index (χ0) is 21.7. The van der Waals surface area contributed by atoms with Crippen LogP contribution >= 0.6 is 11.6 Å². The number of alkyl halides is 1. The van der Waals surface area contributed by atoms with Crippen LogP contribution in [-0.2, 0) is 14.0 Å². The molecule has 0 amide bonds. The second kappa shape index (κ2) is 6.01. The van der Waals surface area contributed by atoms with E-state index in [4.69, 9.17) is 26.0 Å². The molecular weight excluding hydrogens is 418 g/mol. The van der Waals surface area contributed by atoms with Gasteiger partial charge in [0.15, 0.2) is 5.78 Å². The number of rotatable bonds is 3. The van der Waals surface area contributed by atoms with Crippen LogP contribution in [0.1, 0.15) is 46.0 Å². The number of carbonyl (C=O) groups is 1. The molecule has 5 nitrogen and oxygen atoms in total. The third-order valence-corrected chi connectivity index (χ3v) is 13.7. The van der Waals surface area contributed by atoms with E-state index in [1.54, 1.807) is 6.08 Å². The fraction of sp³-hybridized carbons (Fsp3) is 0.739. The Kier molecular flexibility index (Phi) is 4.16. The molecule has 7 heteroatoms. The lowest BCUT2D eigenvalue weighted by atomic mass is 9.47. The second-order valence-electron chi connectivity index (χ2n) is 11.0. The van der Waals surface area contributed by atoms with Gasteiger partial charge in [0.05, 0.1) is 16.7 Å². The molecule has 30 heavy (non-hydrogen) atoms. The highest BCUT2D eigenvalue weighted by molar-refractivity contribution is 6.80. The van der Waals surface area contributed by atoms with Gasteiger partial charge in [0.25, 0.3) is 14.6 Å². The Labute approximate surface area is 184 Å². The Morgan fingerprint density at radius 1 is 1.37 bits per heavy atom. The highest BCUT2D eigenvalue weighted by atomic mass is 35.5. The number of fused-ring (bicyclic) bond motifs is 3. The molecule has 3 saturated carbocycles. The van der Waals surface area contributed by atoms with Gasteiger partial charge in [-0.2, -0.15) is 5.26 Å². The number of nitriles is 1. The van der Waals surface area contributed by atoms with Crippen LogP contribution in [0.5, 0.6) is 0 Å². The average molecular weight is 448 g/mol. The van der Waals surface area contributed by atoms with Crippen molar-refractivity contribution in [2.24, 2.45) is 22.7 Å². The van der Waals surface area contributed by atoms with Gasteiger partial charge in [-0.1, -0.05) is 18.6 Å². The van der Waals surface area contributed by atoms with Crippen LogP contribution < -0.4 is 0 Å². The van der Waals surface area contributed by atoms with E-state index < -0.39 is 18.9 Å². The van der Waals surface area contributed by atoms with Crippen molar-refractivity contribution in [3.05, 3.63) is 23.8 Å². The standard InChI is InChI=1S/C23H30ClNO4Si/c1-20-9-7-15(26)11-14(20)5-6-17-16-8-10-22(27,19(24)30(3,4)28-13-25)21(16,2)12-18-23(17,20)29-18/h7,9,11,16-19,27H,5-6,8,10,12H2,1-4H3/t16?,17?,18-,19+,20-,21-,22-,23+/m0/s1. The minimum atomic E-state index is -2.62. The van der Waals surface area contributed by atoms with E-state index in [1.165, 1.54) is 5.57 Å². The molecule has 0 bridgehead atoms. The van der Waals surface area contributed by atoms with E-state index in [0.717, 1.165) is 25.7 Å². The number of nitrogens with zero attached hydrogens (tertiary/aromatic N) is 1. The molecule has 2 unspecified atom stereocenters. The summed E-state index contributed by atoms with van der Waals surface area (Å²) in [4.78, 5) is 12.0. The van der Waals surface area contributed by atoms with E-state index in [9.17, 15) is 9.90 Å². The molecule has 0 aromatic heterocycles. The highest BCUT2D eigenvalue weighted by Crippen LogP contribution is 2.76. The van der Waals surface area contributed by atoms with Crippen molar-refractivity contribution in [1.82, 2.24) is 0 Å². The van der Waals surface area contributed by atoms with E-state index >= 15 is 0 Å². The molecule has 1 spiro atoms. The number of hydrogen-bond acceptors (Lipinski definition) is 5. The molecule has 4 fully saturated rings. The Morgan fingerprint density at radius 2 is 2.10 bits per heavy atom. The molecule has 1 aliphatic heterocycles.